The van der Waals surface area contributed by atoms with Gasteiger partial charge in [0.05, 0.1) is 26.9 Å². The minimum Gasteiger partial charge on any atom is -0.497 e. The molecule has 0 aliphatic rings. The topological polar surface area (TPSA) is 44.8 Å². The maximum atomic E-state index is 12.0. The number of esters is 1. The molecular formula is C19H20Br2O4. The molecule has 0 heterocycles. The molecule has 0 aromatic heterocycles. The third-order valence-electron chi connectivity index (χ3n) is 4.12. The Morgan fingerprint density at radius 2 is 1.76 bits per heavy atom. The average Bonchev–Trinajstić information content (AvgIpc) is 2.62. The van der Waals surface area contributed by atoms with E-state index in [1.807, 2.05) is 25.1 Å². The predicted octanol–water partition coefficient (Wildman–Crippen LogP) is 5.11. The second kappa shape index (κ2) is 8.72. The first-order valence-corrected chi connectivity index (χ1v) is 9.28. The van der Waals surface area contributed by atoms with Crippen molar-refractivity contribution in [1.29, 1.82) is 0 Å². The van der Waals surface area contributed by atoms with E-state index in [4.69, 9.17) is 14.2 Å². The summed E-state index contributed by atoms with van der Waals surface area (Å²) in [6.45, 7) is 2.04. The Balaban J connectivity index is 2.37. The van der Waals surface area contributed by atoms with Gasteiger partial charge in [-0.15, -0.1) is 0 Å². The lowest BCUT2D eigenvalue weighted by Crippen LogP contribution is -2.06. The molecule has 0 spiro atoms. The van der Waals surface area contributed by atoms with Crippen molar-refractivity contribution in [2.45, 2.75) is 19.8 Å². The van der Waals surface area contributed by atoms with Crippen molar-refractivity contribution >= 4 is 37.8 Å². The van der Waals surface area contributed by atoms with E-state index < -0.39 is 5.97 Å². The first-order chi connectivity index (χ1) is 11.9. The first kappa shape index (κ1) is 19.8. The van der Waals surface area contributed by atoms with E-state index >= 15 is 0 Å². The standard InChI is InChI=1S/C19H20Br2O4/c1-11-14(16(20)7-8-17(11)24-3)6-5-12-9-13(23-2)10-15(18(12)21)19(22)25-4/h7-10H,5-6H2,1-4H3. The number of rotatable bonds is 6. The molecule has 2 aromatic carbocycles. The molecule has 0 amide bonds. The van der Waals surface area contributed by atoms with Crippen LogP contribution in [-0.2, 0) is 17.6 Å². The third kappa shape index (κ3) is 4.36. The number of carbonyl (C=O) groups is 1. The molecule has 0 N–H and O–H groups in total. The Hall–Kier alpha value is -1.53. The van der Waals surface area contributed by atoms with E-state index in [9.17, 15) is 4.79 Å². The highest BCUT2D eigenvalue weighted by Gasteiger charge is 2.17. The highest BCUT2D eigenvalue weighted by atomic mass is 79.9. The number of methoxy groups -OCH3 is 3. The van der Waals surface area contributed by atoms with E-state index in [0.29, 0.717) is 11.3 Å². The summed E-state index contributed by atoms with van der Waals surface area (Å²) in [5.41, 5.74) is 3.71. The quantitative estimate of drug-likeness (QED) is 0.549. The minimum absolute atomic E-state index is 0.397. The van der Waals surface area contributed by atoms with Gasteiger partial charge < -0.3 is 14.2 Å². The van der Waals surface area contributed by atoms with Gasteiger partial charge in [-0.1, -0.05) is 15.9 Å². The number of halogens is 2. The van der Waals surface area contributed by atoms with Crippen molar-refractivity contribution in [2.24, 2.45) is 0 Å². The van der Waals surface area contributed by atoms with Gasteiger partial charge in [0.15, 0.2) is 0 Å². The molecule has 25 heavy (non-hydrogen) atoms. The van der Waals surface area contributed by atoms with Gasteiger partial charge in [-0.25, -0.2) is 4.79 Å². The minimum atomic E-state index is -0.397. The van der Waals surface area contributed by atoms with E-state index in [-0.39, 0.29) is 0 Å². The molecule has 0 aliphatic carbocycles. The summed E-state index contributed by atoms with van der Waals surface area (Å²) in [5, 5.41) is 0. The van der Waals surface area contributed by atoms with Crippen molar-refractivity contribution < 1.29 is 19.0 Å². The lowest BCUT2D eigenvalue weighted by atomic mass is 9.98. The number of hydrogen-bond acceptors (Lipinski definition) is 4. The molecule has 0 atom stereocenters. The molecule has 0 aliphatic heterocycles. The Morgan fingerprint density at radius 3 is 2.36 bits per heavy atom. The van der Waals surface area contributed by atoms with Crippen LogP contribution in [0, 0.1) is 6.92 Å². The van der Waals surface area contributed by atoms with E-state index in [0.717, 1.165) is 38.7 Å². The normalized spacial score (nSPS) is 10.5. The molecule has 4 nitrogen and oxygen atoms in total. The summed E-state index contributed by atoms with van der Waals surface area (Å²) < 4.78 is 17.4. The number of benzene rings is 2. The highest BCUT2D eigenvalue weighted by Crippen LogP contribution is 2.32. The van der Waals surface area contributed by atoms with Crippen LogP contribution in [-0.4, -0.2) is 27.3 Å². The number of ether oxygens (including phenoxy) is 3. The van der Waals surface area contributed by atoms with Crippen molar-refractivity contribution in [3.05, 3.63) is 55.5 Å². The molecule has 0 saturated carbocycles. The van der Waals surface area contributed by atoms with Gasteiger partial charge in [-0.3, -0.25) is 0 Å². The lowest BCUT2D eigenvalue weighted by molar-refractivity contribution is 0.0599. The van der Waals surface area contributed by atoms with Crippen LogP contribution in [0.1, 0.15) is 27.0 Å². The fourth-order valence-electron chi connectivity index (χ4n) is 2.70. The van der Waals surface area contributed by atoms with Gasteiger partial charge in [0.1, 0.15) is 11.5 Å². The summed E-state index contributed by atoms with van der Waals surface area (Å²) in [7, 11) is 4.61. The summed E-state index contributed by atoms with van der Waals surface area (Å²) in [6, 6.07) is 7.54. The van der Waals surface area contributed by atoms with Gasteiger partial charge in [-0.2, -0.15) is 0 Å². The van der Waals surface area contributed by atoms with Crippen LogP contribution in [0.5, 0.6) is 11.5 Å². The Morgan fingerprint density at radius 1 is 1.04 bits per heavy atom. The fourth-order valence-corrected chi connectivity index (χ4v) is 3.92. The fraction of sp³-hybridized carbons (Fsp3) is 0.316. The molecule has 0 saturated heterocycles. The summed E-state index contributed by atoms with van der Waals surface area (Å²) in [4.78, 5) is 12.0. The van der Waals surface area contributed by atoms with Crippen LogP contribution in [0.15, 0.2) is 33.2 Å². The Labute approximate surface area is 164 Å². The first-order valence-electron chi connectivity index (χ1n) is 7.69. The molecule has 0 radical (unpaired) electrons. The molecular weight excluding hydrogens is 452 g/mol. The van der Waals surface area contributed by atoms with Crippen molar-refractivity contribution in [3.8, 4) is 11.5 Å². The summed E-state index contributed by atoms with van der Waals surface area (Å²) >= 11 is 7.15. The van der Waals surface area contributed by atoms with Gasteiger partial charge in [-0.05, 0) is 76.7 Å². The maximum Gasteiger partial charge on any atom is 0.339 e. The van der Waals surface area contributed by atoms with E-state index in [1.165, 1.54) is 12.7 Å². The number of aryl methyl sites for hydroxylation is 1. The zero-order chi connectivity index (χ0) is 18.6. The molecule has 2 aromatic rings. The van der Waals surface area contributed by atoms with E-state index in [1.54, 1.807) is 20.3 Å². The van der Waals surface area contributed by atoms with Crippen LogP contribution in [0.2, 0.25) is 0 Å². The Bertz CT molecular complexity index is 787. The van der Waals surface area contributed by atoms with Gasteiger partial charge in [0.25, 0.3) is 0 Å². The van der Waals surface area contributed by atoms with Crippen molar-refractivity contribution in [3.63, 3.8) is 0 Å². The molecule has 0 fully saturated rings. The van der Waals surface area contributed by atoms with Gasteiger partial charge >= 0.3 is 5.97 Å². The van der Waals surface area contributed by atoms with Crippen LogP contribution in [0.4, 0.5) is 0 Å². The Kier molecular flexibility index (Phi) is 6.90. The maximum absolute atomic E-state index is 12.0. The van der Waals surface area contributed by atoms with Crippen LogP contribution in [0.3, 0.4) is 0 Å². The molecule has 2 rings (SSSR count). The number of carbonyl (C=O) groups excluding carboxylic acids is 1. The van der Waals surface area contributed by atoms with Crippen LogP contribution >= 0.6 is 31.9 Å². The van der Waals surface area contributed by atoms with Crippen LogP contribution in [0.25, 0.3) is 0 Å². The third-order valence-corrected chi connectivity index (χ3v) is 5.80. The predicted molar refractivity (Wildman–Crippen MR) is 105 cm³/mol. The average molecular weight is 472 g/mol. The molecule has 6 heteroatoms. The van der Waals surface area contributed by atoms with Gasteiger partial charge in [0, 0.05) is 8.95 Å². The summed E-state index contributed by atoms with van der Waals surface area (Å²) in [6.07, 6.45) is 1.52. The molecule has 134 valence electrons. The van der Waals surface area contributed by atoms with Crippen molar-refractivity contribution in [2.75, 3.05) is 21.3 Å². The molecule has 0 unspecified atom stereocenters. The largest absolute Gasteiger partial charge is 0.497 e. The van der Waals surface area contributed by atoms with Crippen molar-refractivity contribution in [1.82, 2.24) is 0 Å². The lowest BCUT2D eigenvalue weighted by Gasteiger charge is -2.15. The number of hydrogen-bond donors (Lipinski definition) is 0. The monoisotopic (exact) mass is 470 g/mol. The van der Waals surface area contributed by atoms with Gasteiger partial charge in [0.2, 0.25) is 0 Å². The SMILES string of the molecule is COC(=O)c1cc(OC)cc(CCc2c(Br)ccc(OC)c2C)c1Br. The zero-order valence-electron chi connectivity index (χ0n) is 14.6. The smallest absolute Gasteiger partial charge is 0.339 e. The second-order valence-corrected chi connectivity index (χ2v) is 7.14. The second-order valence-electron chi connectivity index (χ2n) is 5.49. The zero-order valence-corrected chi connectivity index (χ0v) is 17.8. The molecule has 0 bridgehead atoms. The van der Waals surface area contributed by atoms with E-state index in [2.05, 4.69) is 31.9 Å². The van der Waals surface area contributed by atoms with Crippen LogP contribution < -0.4 is 9.47 Å². The highest BCUT2D eigenvalue weighted by molar-refractivity contribution is 9.10. The summed E-state index contributed by atoms with van der Waals surface area (Å²) in [5.74, 6) is 1.09.